The molecule has 0 aromatic rings. The number of carbonyl (C=O) groups excluding carboxylic acids is 1. The Bertz CT molecular complexity index is 483. The normalized spacial score (nSPS) is 26.4. The third-order valence-corrected chi connectivity index (χ3v) is 5.54. The lowest BCUT2D eigenvalue weighted by Gasteiger charge is -2.32. The molecular formula is C16H28B2O6. The SMILES string of the molecule is COC(=O)C=C(B1OC(C)(C)C(C)(C)O1)B1OC(C)(C)C(C)(C)O1. The number of methoxy groups -OCH3 is 1. The zero-order valence-electron chi connectivity index (χ0n) is 16.2. The first-order valence-electron chi connectivity index (χ1n) is 8.23. The number of hydrogen-bond acceptors (Lipinski definition) is 6. The second kappa shape index (κ2) is 5.87. The summed E-state index contributed by atoms with van der Waals surface area (Å²) < 4.78 is 29.0. The zero-order chi connectivity index (χ0) is 18.6. The van der Waals surface area contributed by atoms with Crippen molar-refractivity contribution >= 4 is 20.2 Å². The van der Waals surface area contributed by atoms with Crippen LogP contribution in [-0.4, -0.2) is 49.7 Å². The van der Waals surface area contributed by atoms with Gasteiger partial charge in [-0.25, -0.2) is 4.79 Å². The minimum Gasteiger partial charge on any atom is -0.466 e. The number of ether oxygens (including phenoxy) is 1. The largest absolute Gasteiger partial charge is 0.486 e. The van der Waals surface area contributed by atoms with Crippen LogP contribution in [0.3, 0.4) is 0 Å². The number of rotatable bonds is 3. The molecule has 0 saturated carbocycles. The highest BCUT2D eigenvalue weighted by molar-refractivity contribution is 6.78. The Hall–Kier alpha value is -0.820. The van der Waals surface area contributed by atoms with E-state index in [0.717, 1.165) is 0 Å². The first-order chi connectivity index (χ1) is 10.7. The lowest BCUT2D eigenvalue weighted by molar-refractivity contribution is -0.134. The van der Waals surface area contributed by atoms with E-state index >= 15 is 0 Å². The highest BCUT2D eigenvalue weighted by Crippen LogP contribution is 2.43. The maximum Gasteiger partial charge on any atom is 0.486 e. The first-order valence-corrected chi connectivity index (χ1v) is 8.23. The third kappa shape index (κ3) is 3.29. The van der Waals surface area contributed by atoms with Crippen LogP contribution in [0, 0.1) is 0 Å². The second-order valence-corrected chi connectivity index (χ2v) is 8.34. The Labute approximate surface area is 145 Å². The third-order valence-electron chi connectivity index (χ3n) is 5.54. The standard InChI is InChI=1S/C16H28B2O6/c1-13(2)14(3,4)22-17(21-13)11(10-12(19)20-9)18-23-15(5,6)16(7,8)24-18/h10H,1-9H3. The van der Waals surface area contributed by atoms with Gasteiger partial charge in [0.05, 0.1) is 29.5 Å². The molecule has 0 spiro atoms. The van der Waals surface area contributed by atoms with Crippen LogP contribution >= 0.6 is 0 Å². The Morgan fingerprint density at radius 1 is 0.750 bits per heavy atom. The van der Waals surface area contributed by atoms with E-state index in [4.69, 9.17) is 23.4 Å². The highest BCUT2D eigenvalue weighted by Gasteiger charge is 2.59. The second-order valence-electron chi connectivity index (χ2n) is 8.34. The van der Waals surface area contributed by atoms with Crippen LogP contribution in [0.25, 0.3) is 0 Å². The molecule has 2 aliphatic heterocycles. The fourth-order valence-corrected chi connectivity index (χ4v) is 2.40. The van der Waals surface area contributed by atoms with Crippen LogP contribution in [0.1, 0.15) is 55.4 Å². The number of esters is 1. The Balaban J connectivity index is 2.36. The fraction of sp³-hybridized carbons (Fsp3) is 0.812. The molecular weight excluding hydrogens is 310 g/mol. The van der Waals surface area contributed by atoms with Gasteiger partial charge in [-0.05, 0) is 60.8 Å². The van der Waals surface area contributed by atoms with E-state index in [1.807, 2.05) is 55.4 Å². The Morgan fingerprint density at radius 2 is 1.04 bits per heavy atom. The van der Waals surface area contributed by atoms with Crippen molar-refractivity contribution in [3.8, 4) is 0 Å². The molecule has 0 unspecified atom stereocenters. The molecule has 134 valence electrons. The van der Waals surface area contributed by atoms with Gasteiger partial charge in [0.2, 0.25) is 0 Å². The molecule has 0 bridgehead atoms. The van der Waals surface area contributed by atoms with Gasteiger partial charge in [-0.15, -0.1) is 0 Å². The molecule has 6 nitrogen and oxygen atoms in total. The van der Waals surface area contributed by atoms with Crippen LogP contribution in [0.5, 0.6) is 0 Å². The molecule has 2 fully saturated rings. The van der Waals surface area contributed by atoms with Gasteiger partial charge in [0, 0.05) is 6.08 Å². The zero-order valence-corrected chi connectivity index (χ0v) is 16.2. The first kappa shape index (κ1) is 19.5. The maximum atomic E-state index is 11.9. The smallest absolute Gasteiger partial charge is 0.466 e. The summed E-state index contributed by atoms with van der Waals surface area (Å²) >= 11 is 0. The molecule has 8 heteroatoms. The topological polar surface area (TPSA) is 63.2 Å². The van der Waals surface area contributed by atoms with E-state index in [-0.39, 0.29) is 0 Å². The average molecular weight is 338 g/mol. The Kier molecular flexibility index (Phi) is 4.77. The van der Waals surface area contributed by atoms with Crippen molar-refractivity contribution in [2.45, 2.75) is 77.8 Å². The summed E-state index contributed by atoms with van der Waals surface area (Å²) in [5, 5.41) is 0.471. The van der Waals surface area contributed by atoms with Gasteiger partial charge in [-0.2, -0.15) is 0 Å². The summed E-state index contributed by atoms with van der Waals surface area (Å²) in [6, 6.07) is 0. The van der Waals surface area contributed by atoms with E-state index in [1.54, 1.807) is 0 Å². The van der Waals surface area contributed by atoms with Crippen molar-refractivity contribution in [3.63, 3.8) is 0 Å². The summed E-state index contributed by atoms with van der Waals surface area (Å²) in [4.78, 5) is 11.9. The van der Waals surface area contributed by atoms with E-state index in [2.05, 4.69) is 0 Å². The van der Waals surface area contributed by atoms with Crippen LogP contribution in [0.2, 0.25) is 0 Å². The molecule has 0 aliphatic carbocycles. The van der Waals surface area contributed by atoms with Gasteiger partial charge in [-0.3, -0.25) is 0 Å². The van der Waals surface area contributed by atoms with Gasteiger partial charge in [-0.1, -0.05) is 0 Å². The van der Waals surface area contributed by atoms with Crippen molar-refractivity contribution in [1.29, 1.82) is 0 Å². The molecule has 0 aromatic heterocycles. The predicted octanol–water partition coefficient (Wildman–Crippen LogP) is 2.35. The van der Waals surface area contributed by atoms with Crippen molar-refractivity contribution in [2.24, 2.45) is 0 Å². The van der Waals surface area contributed by atoms with Gasteiger partial charge in [0.15, 0.2) is 0 Å². The predicted molar refractivity (Wildman–Crippen MR) is 92.3 cm³/mol. The summed E-state index contributed by atoms with van der Waals surface area (Å²) in [6.45, 7) is 15.6. The fourth-order valence-electron chi connectivity index (χ4n) is 2.40. The van der Waals surface area contributed by atoms with E-state index in [9.17, 15) is 4.79 Å². The molecule has 0 radical (unpaired) electrons. The summed E-state index contributed by atoms with van der Waals surface area (Å²) in [5.41, 5.74) is -2.12. The minimum absolute atomic E-state index is 0.471. The maximum absolute atomic E-state index is 11.9. The molecule has 24 heavy (non-hydrogen) atoms. The summed E-state index contributed by atoms with van der Waals surface area (Å²) in [7, 11) is -0.169. The van der Waals surface area contributed by atoms with Crippen molar-refractivity contribution in [1.82, 2.24) is 0 Å². The molecule has 0 N–H and O–H groups in total. The Morgan fingerprint density at radius 3 is 1.29 bits per heavy atom. The monoisotopic (exact) mass is 338 g/mol. The van der Waals surface area contributed by atoms with E-state index in [0.29, 0.717) is 5.37 Å². The summed E-state index contributed by atoms with van der Waals surface area (Å²) in [5.74, 6) is -0.505. The van der Waals surface area contributed by atoms with Gasteiger partial charge < -0.3 is 23.4 Å². The highest BCUT2D eigenvalue weighted by atomic mass is 16.7. The van der Waals surface area contributed by atoms with Crippen LogP contribution in [0.4, 0.5) is 0 Å². The lowest BCUT2D eigenvalue weighted by Crippen LogP contribution is -2.41. The molecule has 2 rings (SSSR count). The van der Waals surface area contributed by atoms with Crippen LogP contribution in [-0.2, 0) is 28.1 Å². The minimum atomic E-state index is -0.746. The van der Waals surface area contributed by atoms with Crippen LogP contribution < -0.4 is 0 Å². The quantitative estimate of drug-likeness (QED) is 0.447. The summed E-state index contributed by atoms with van der Waals surface area (Å²) in [6.07, 6.45) is 1.34. The van der Waals surface area contributed by atoms with Crippen LogP contribution in [0.15, 0.2) is 11.4 Å². The van der Waals surface area contributed by atoms with Crippen molar-refractivity contribution < 1.29 is 28.1 Å². The van der Waals surface area contributed by atoms with Gasteiger partial charge in [0.1, 0.15) is 0 Å². The molecule has 0 atom stereocenters. The lowest BCUT2D eigenvalue weighted by atomic mass is 9.57. The van der Waals surface area contributed by atoms with Crippen molar-refractivity contribution in [2.75, 3.05) is 7.11 Å². The molecule has 0 aromatic carbocycles. The molecule has 2 heterocycles. The van der Waals surface area contributed by atoms with E-state index < -0.39 is 42.6 Å². The number of carbonyl (C=O) groups is 1. The van der Waals surface area contributed by atoms with Gasteiger partial charge in [0.25, 0.3) is 0 Å². The molecule has 2 saturated heterocycles. The van der Waals surface area contributed by atoms with E-state index in [1.165, 1.54) is 13.2 Å². The van der Waals surface area contributed by atoms with Gasteiger partial charge >= 0.3 is 20.2 Å². The molecule has 0 amide bonds. The number of hydrogen-bond donors (Lipinski definition) is 0. The molecule has 2 aliphatic rings. The van der Waals surface area contributed by atoms with Crippen molar-refractivity contribution in [3.05, 3.63) is 11.4 Å². The average Bonchev–Trinajstić information content (AvgIpc) is 2.75.